The van der Waals surface area contributed by atoms with E-state index < -0.39 is 5.97 Å². The average molecular weight is 192 g/mol. The van der Waals surface area contributed by atoms with Crippen molar-refractivity contribution < 1.29 is 9.90 Å². The second-order valence-corrected chi connectivity index (χ2v) is 5.20. The summed E-state index contributed by atoms with van der Waals surface area (Å²) in [5.74, 6) is 1.19. The molecule has 0 aliphatic heterocycles. The van der Waals surface area contributed by atoms with Crippen molar-refractivity contribution in [3.8, 4) is 0 Å². The van der Waals surface area contributed by atoms with Crippen LogP contribution in [0.2, 0.25) is 0 Å². The molecule has 3 atom stereocenters. The van der Waals surface area contributed by atoms with Gasteiger partial charge in [-0.25, -0.2) is 0 Å². The number of carbonyl (C=O) groups is 1. The van der Waals surface area contributed by atoms with Gasteiger partial charge in [-0.1, -0.05) is 18.6 Å². The van der Waals surface area contributed by atoms with Crippen LogP contribution in [0.3, 0.4) is 0 Å². The van der Waals surface area contributed by atoms with E-state index in [1.165, 1.54) is 6.42 Å². The fourth-order valence-corrected chi connectivity index (χ4v) is 3.72. The van der Waals surface area contributed by atoms with E-state index in [9.17, 15) is 9.90 Å². The van der Waals surface area contributed by atoms with Crippen LogP contribution in [0.4, 0.5) is 0 Å². The minimum atomic E-state index is -0.533. The lowest BCUT2D eigenvalue weighted by Crippen LogP contribution is -2.46. The lowest BCUT2D eigenvalue weighted by Gasteiger charge is -2.45. The van der Waals surface area contributed by atoms with Crippen molar-refractivity contribution in [2.24, 2.45) is 23.2 Å². The number of hydrogen-bond donors (Lipinski definition) is 1. The summed E-state index contributed by atoms with van der Waals surface area (Å²) >= 11 is 0. The van der Waals surface area contributed by atoms with Gasteiger partial charge in [-0.15, -0.1) is 0 Å². The summed E-state index contributed by atoms with van der Waals surface area (Å²) in [5, 5.41) is 9.35. The van der Waals surface area contributed by atoms with Crippen LogP contribution in [0.1, 0.15) is 32.1 Å². The van der Waals surface area contributed by atoms with Crippen LogP contribution < -0.4 is 0 Å². The number of hydrogen-bond acceptors (Lipinski definition) is 1. The van der Waals surface area contributed by atoms with Gasteiger partial charge in [-0.3, -0.25) is 4.79 Å². The van der Waals surface area contributed by atoms with E-state index in [1.807, 2.05) is 0 Å². The van der Waals surface area contributed by atoms with Gasteiger partial charge < -0.3 is 5.11 Å². The van der Waals surface area contributed by atoms with Gasteiger partial charge in [0, 0.05) is 0 Å². The van der Waals surface area contributed by atoms with E-state index in [0.29, 0.717) is 17.8 Å². The van der Waals surface area contributed by atoms with Crippen LogP contribution >= 0.6 is 0 Å². The van der Waals surface area contributed by atoms with E-state index in [2.05, 4.69) is 12.2 Å². The van der Waals surface area contributed by atoms with Gasteiger partial charge in [0.05, 0.1) is 5.41 Å². The lowest BCUT2D eigenvalue weighted by molar-refractivity contribution is -0.161. The third-order valence-corrected chi connectivity index (χ3v) is 4.66. The Kier molecular flexibility index (Phi) is 1.59. The SMILES string of the molecule is O=C(O)C1(C2CC3C=CC2C3)CCC1. The molecule has 2 nitrogen and oxygen atoms in total. The molecule has 3 aliphatic carbocycles. The van der Waals surface area contributed by atoms with Crippen molar-refractivity contribution in [2.45, 2.75) is 32.1 Å². The van der Waals surface area contributed by atoms with E-state index in [1.54, 1.807) is 0 Å². The van der Waals surface area contributed by atoms with Crippen molar-refractivity contribution in [3.05, 3.63) is 12.2 Å². The molecule has 0 aromatic carbocycles. The van der Waals surface area contributed by atoms with Crippen molar-refractivity contribution in [1.82, 2.24) is 0 Å². The molecule has 0 radical (unpaired) electrons. The molecule has 3 unspecified atom stereocenters. The first-order valence-corrected chi connectivity index (χ1v) is 5.64. The first-order chi connectivity index (χ1) is 6.72. The van der Waals surface area contributed by atoms with Crippen LogP contribution in [-0.2, 0) is 4.79 Å². The third-order valence-electron chi connectivity index (χ3n) is 4.66. The Morgan fingerprint density at radius 2 is 2.07 bits per heavy atom. The first-order valence-electron chi connectivity index (χ1n) is 5.64. The lowest BCUT2D eigenvalue weighted by atomic mass is 9.58. The Labute approximate surface area is 84.0 Å². The quantitative estimate of drug-likeness (QED) is 0.682. The summed E-state index contributed by atoms with van der Waals surface area (Å²) in [6.45, 7) is 0. The molecule has 3 aliphatic rings. The van der Waals surface area contributed by atoms with Crippen molar-refractivity contribution >= 4 is 5.97 Å². The number of allylic oxidation sites excluding steroid dienone is 2. The molecule has 2 fully saturated rings. The minimum Gasteiger partial charge on any atom is -0.481 e. The van der Waals surface area contributed by atoms with Crippen LogP contribution in [0.5, 0.6) is 0 Å². The Hall–Kier alpha value is -0.790. The van der Waals surface area contributed by atoms with Gasteiger partial charge in [-0.05, 0) is 43.4 Å². The summed E-state index contributed by atoms with van der Waals surface area (Å²) in [6.07, 6.45) is 9.86. The average Bonchev–Trinajstić information content (AvgIpc) is 2.61. The van der Waals surface area contributed by atoms with Gasteiger partial charge >= 0.3 is 5.97 Å². The number of fused-ring (bicyclic) bond motifs is 2. The highest BCUT2D eigenvalue weighted by Crippen LogP contribution is 2.58. The van der Waals surface area contributed by atoms with E-state index >= 15 is 0 Å². The van der Waals surface area contributed by atoms with Crippen molar-refractivity contribution in [3.63, 3.8) is 0 Å². The highest BCUT2D eigenvalue weighted by Gasteiger charge is 2.55. The molecule has 0 saturated heterocycles. The zero-order valence-electron chi connectivity index (χ0n) is 8.28. The topological polar surface area (TPSA) is 37.3 Å². The molecular weight excluding hydrogens is 176 g/mol. The standard InChI is InChI=1S/C12H16O2/c13-11(14)12(4-1-5-12)10-7-8-2-3-9(10)6-8/h2-3,8-10H,1,4-7H2,(H,13,14). The summed E-state index contributed by atoms with van der Waals surface area (Å²) < 4.78 is 0. The molecule has 0 spiro atoms. The largest absolute Gasteiger partial charge is 0.481 e. The number of aliphatic carboxylic acids is 1. The van der Waals surface area contributed by atoms with E-state index in [-0.39, 0.29) is 5.41 Å². The Morgan fingerprint density at radius 3 is 2.43 bits per heavy atom. The molecule has 2 heteroatoms. The molecule has 76 valence electrons. The summed E-state index contributed by atoms with van der Waals surface area (Å²) in [6, 6.07) is 0. The maximum absolute atomic E-state index is 11.3. The molecule has 0 amide bonds. The fourth-order valence-electron chi connectivity index (χ4n) is 3.72. The number of carboxylic acid groups (broad SMARTS) is 1. The maximum Gasteiger partial charge on any atom is 0.309 e. The summed E-state index contributed by atoms with van der Waals surface area (Å²) in [5.41, 5.74) is -0.329. The zero-order valence-corrected chi connectivity index (χ0v) is 8.28. The van der Waals surface area contributed by atoms with Gasteiger partial charge in [0.15, 0.2) is 0 Å². The predicted molar refractivity (Wildman–Crippen MR) is 52.8 cm³/mol. The molecule has 1 N–H and O–H groups in total. The molecular formula is C12H16O2. The summed E-state index contributed by atoms with van der Waals surface area (Å²) in [4.78, 5) is 11.3. The second-order valence-electron chi connectivity index (χ2n) is 5.20. The minimum absolute atomic E-state index is 0.329. The predicted octanol–water partition coefficient (Wildman–Crippen LogP) is 2.45. The second kappa shape index (κ2) is 2.62. The van der Waals surface area contributed by atoms with E-state index in [4.69, 9.17) is 0 Å². The Morgan fingerprint density at radius 1 is 1.29 bits per heavy atom. The number of rotatable bonds is 2. The normalized spacial score (nSPS) is 42.4. The Balaban J connectivity index is 1.88. The zero-order chi connectivity index (χ0) is 9.76. The number of carboxylic acids is 1. The van der Waals surface area contributed by atoms with Crippen LogP contribution in [-0.4, -0.2) is 11.1 Å². The third kappa shape index (κ3) is 0.891. The first kappa shape index (κ1) is 8.51. The Bertz CT molecular complexity index is 301. The summed E-state index contributed by atoms with van der Waals surface area (Å²) in [7, 11) is 0. The molecule has 0 aromatic rings. The van der Waals surface area contributed by atoms with Crippen LogP contribution in [0.15, 0.2) is 12.2 Å². The van der Waals surface area contributed by atoms with Gasteiger partial charge in [-0.2, -0.15) is 0 Å². The molecule has 0 heterocycles. The highest BCUT2D eigenvalue weighted by atomic mass is 16.4. The van der Waals surface area contributed by atoms with Crippen LogP contribution in [0, 0.1) is 23.2 Å². The van der Waals surface area contributed by atoms with E-state index in [0.717, 1.165) is 25.7 Å². The maximum atomic E-state index is 11.3. The van der Waals surface area contributed by atoms with Crippen molar-refractivity contribution in [1.29, 1.82) is 0 Å². The van der Waals surface area contributed by atoms with Gasteiger partial charge in [0.2, 0.25) is 0 Å². The fraction of sp³-hybridized carbons (Fsp3) is 0.750. The smallest absolute Gasteiger partial charge is 0.309 e. The van der Waals surface area contributed by atoms with Gasteiger partial charge in [0.25, 0.3) is 0 Å². The molecule has 14 heavy (non-hydrogen) atoms. The van der Waals surface area contributed by atoms with Crippen molar-refractivity contribution in [2.75, 3.05) is 0 Å². The molecule has 2 bridgehead atoms. The van der Waals surface area contributed by atoms with Gasteiger partial charge in [0.1, 0.15) is 0 Å². The molecule has 3 rings (SSSR count). The monoisotopic (exact) mass is 192 g/mol. The van der Waals surface area contributed by atoms with Crippen LogP contribution in [0.25, 0.3) is 0 Å². The highest BCUT2D eigenvalue weighted by molar-refractivity contribution is 5.76. The molecule has 2 saturated carbocycles. The molecule has 0 aromatic heterocycles.